The maximum Gasteiger partial charge on any atom is 0.221 e. The van der Waals surface area contributed by atoms with Crippen molar-refractivity contribution >= 4 is 5.91 Å². The molecule has 0 spiro atoms. The molecule has 0 bridgehead atoms. The molecular formula is C17H28N2O. The Kier molecular flexibility index (Phi) is 6.73. The van der Waals surface area contributed by atoms with Gasteiger partial charge in [0.2, 0.25) is 5.91 Å². The molecule has 112 valence electrons. The van der Waals surface area contributed by atoms with E-state index in [4.69, 9.17) is 0 Å². The second-order valence-corrected chi connectivity index (χ2v) is 5.68. The van der Waals surface area contributed by atoms with Gasteiger partial charge in [-0.2, -0.15) is 0 Å². The van der Waals surface area contributed by atoms with Crippen LogP contribution < -0.4 is 10.6 Å². The van der Waals surface area contributed by atoms with Gasteiger partial charge in [0.25, 0.3) is 0 Å². The summed E-state index contributed by atoms with van der Waals surface area (Å²) >= 11 is 0. The number of amides is 1. The quantitative estimate of drug-likeness (QED) is 0.752. The van der Waals surface area contributed by atoms with Crippen molar-refractivity contribution in [2.24, 2.45) is 0 Å². The Morgan fingerprint density at radius 3 is 2.35 bits per heavy atom. The number of nitrogens with one attached hydrogen (secondary N) is 2. The minimum atomic E-state index is 0.129. The number of carbonyl (C=O) groups is 1. The van der Waals surface area contributed by atoms with Crippen LogP contribution in [0.15, 0.2) is 12.1 Å². The second kappa shape index (κ2) is 8.05. The standard InChI is InChI=1S/C17H28N2O/c1-6-15(5)19-17(20)7-8-18-11-16-13(3)9-12(2)10-14(16)4/h9-10,15,18H,6-8,11H2,1-5H3,(H,19,20). The maximum absolute atomic E-state index is 11.7. The van der Waals surface area contributed by atoms with Crippen LogP contribution in [-0.4, -0.2) is 18.5 Å². The van der Waals surface area contributed by atoms with Gasteiger partial charge in [-0.15, -0.1) is 0 Å². The van der Waals surface area contributed by atoms with Crippen molar-refractivity contribution in [3.05, 3.63) is 34.4 Å². The number of hydrogen-bond acceptors (Lipinski definition) is 2. The Labute approximate surface area is 123 Å². The first-order chi connectivity index (χ1) is 9.43. The van der Waals surface area contributed by atoms with E-state index in [1.165, 1.54) is 22.3 Å². The molecule has 3 heteroatoms. The fraction of sp³-hybridized carbons (Fsp3) is 0.588. The number of aryl methyl sites for hydroxylation is 3. The van der Waals surface area contributed by atoms with Gasteiger partial charge in [0.05, 0.1) is 0 Å². The highest BCUT2D eigenvalue weighted by atomic mass is 16.1. The molecule has 1 atom stereocenters. The van der Waals surface area contributed by atoms with Crippen molar-refractivity contribution in [1.29, 1.82) is 0 Å². The molecule has 0 aliphatic heterocycles. The zero-order chi connectivity index (χ0) is 15.1. The minimum Gasteiger partial charge on any atom is -0.354 e. The van der Waals surface area contributed by atoms with Crippen molar-refractivity contribution < 1.29 is 4.79 Å². The number of benzene rings is 1. The van der Waals surface area contributed by atoms with E-state index in [1.54, 1.807) is 0 Å². The lowest BCUT2D eigenvalue weighted by Gasteiger charge is -2.13. The fourth-order valence-corrected chi connectivity index (χ4v) is 2.35. The Balaban J connectivity index is 2.37. The lowest BCUT2D eigenvalue weighted by atomic mass is 10.00. The summed E-state index contributed by atoms with van der Waals surface area (Å²) in [6.45, 7) is 12.1. The van der Waals surface area contributed by atoms with Crippen LogP contribution in [0.25, 0.3) is 0 Å². The van der Waals surface area contributed by atoms with E-state index in [0.717, 1.165) is 19.5 Å². The van der Waals surface area contributed by atoms with E-state index in [2.05, 4.69) is 50.5 Å². The monoisotopic (exact) mass is 276 g/mol. The predicted molar refractivity (Wildman–Crippen MR) is 84.9 cm³/mol. The molecule has 3 nitrogen and oxygen atoms in total. The molecule has 1 aromatic rings. The highest BCUT2D eigenvalue weighted by Gasteiger charge is 2.06. The minimum absolute atomic E-state index is 0.129. The van der Waals surface area contributed by atoms with Crippen molar-refractivity contribution in [1.82, 2.24) is 10.6 Å². The van der Waals surface area contributed by atoms with Crippen LogP contribution >= 0.6 is 0 Å². The molecular weight excluding hydrogens is 248 g/mol. The summed E-state index contributed by atoms with van der Waals surface area (Å²) < 4.78 is 0. The third-order valence-electron chi connectivity index (χ3n) is 3.69. The van der Waals surface area contributed by atoms with Crippen molar-refractivity contribution in [2.45, 2.75) is 60.0 Å². The molecule has 2 N–H and O–H groups in total. The molecule has 0 fully saturated rings. The molecule has 1 rings (SSSR count). The van der Waals surface area contributed by atoms with Gasteiger partial charge < -0.3 is 10.6 Å². The molecule has 1 unspecified atom stereocenters. The second-order valence-electron chi connectivity index (χ2n) is 5.68. The van der Waals surface area contributed by atoms with Crippen LogP contribution in [0.1, 0.15) is 48.9 Å². The molecule has 1 aromatic carbocycles. The Morgan fingerprint density at radius 2 is 1.80 bits per heavy atom. The summed E-state index contributed by atoms with van der Waals surface area (Å²) in [5.74, 6) is 0.129. The lowest BCUT2D eigenvalue weighted by molar-refractivity contribution is -0.121. The van der Waals surface area contributed by atoms with E-state index in [-0.39, 0.29) is 11.9 Å². The van der Waals surface area contributed by atoms with Gasteiger partial charge in [-0.3, -0.25) is 4.79 Å². The van der Waals surface area contributed by atoms with E-state index < -0.39 is 0 Å². The van der Waals surface area contributed by atoms with Crippen molar-refractivity contribution in [3.8, 4) is 0 Å². The van der Waals surface area contributed by atoms with Gasteiger partial charge in [0.1, 0.15) is 0 Å². The molecule has 0 aromatic heterocycles. The highest BCUT2D eigenvalue weighted by Crippen LogP contribution is 2.15. The van der Waals surface area contributed by atoms with Crippen LogP contribution in [0.4, 0.5) is 0 Å². The maximum atomic E-state index is 11.7. The predicted octanol–water partition coefficient (Wildman–Crippen LogP) is 3.01. The number of rotatable bonds is 7. The number of hydrogen-bond donors (Lipinski definition) is 2. The topological polar surface area (TPSA) is 41.1 Å². The van der Waals surface area contributed by atoms with E-state index >= 15 is 0 Å². The molecule has 0 heterocycles. The molecule has 20 heavy (non-hydrogen) atoms. The first kappa shape index (κ1) is 16.7. The average molecular weight is 276 g/mol. The third kappa shape index (κ3) is 5.33. The summed E-state index contributed by atoms with van der Waals surface area (Å²) in [5, 5.41) is 6.34. The molecule has 1 amide bonds. The van der Waals surface area contributed by atoms with Gasteiger partial charge >= 0.3 is 0 Å². The summed E-state index contributed by atoms with van der Waals surface area (Å²) in [4.78, 5) is 11.7. The molecule has 0 saturated heterocycles. The summed E-state index contributed by atoms with van der Waals surface area (Å²) in [6, 6.07) is 4.68. The largest absolute Gasteiger partial charge is 0.354 e. The zero-order valence-corrected chi connectivity index (χ0v) is 13.5. The molecule has 0 radical (unpaired) electrons. The Hall–Kier alpha value is -1.35. The van der Waals surface area contributed by atoms with Crippen LogP contribution in [0, 0.1) is 20.8 Å². The summed E-state index contributed by atoms with van der Waals surface area (Å²) in [6.07, 6.45) is 1.51. The summed E-state index contributed by atoms with van der Waals surface area (Å²) in [7, 11) is 0. The van der Waals surface area contributed by atoms with E-state index in [9.17, 15) is 4.79 Å². The summed E-state index contributed by atoms with van der Waals surface area (Å²) in [5.41, 5.74) is 5.28. The lowest BCUT2D eigenvalue weighted by Crippen LogP contribution is -2.34. The van der Waals surface area contributed by atoms with Gasteiger partial charge in [-0.05, 0) is 50.8 Å². The first-order valence-corrected chi connectivity index (χ1v) is 7.50. The van der Waals surface area contributed by atoms with Gasteiger partial charge in [-0.1, -0.05) is 24.6 Å². The van der Waals surface area contributed by atoms with Gasteiger partial charge in [0.15, 0.2) is 0 Å². The fourth-order valence-electron chi connectivity index (χ4n) is 2.35. The van der Waals surface area contributed by atoms with E-state index in [0.29, 0.717) is 6.42 Å². The van der Waals surface area contributed by atoms with Gasteiger partial charge in [-0.25, -0.2) is 0 Å². The highest BCUT2D eigenvalue weighted by molar-refractivity contribution is 5.76. The first-order valence-electron chi connectivity index (χ1n) is 7.50. The van der Waals surface area contributed by atoms with Crippen molar-refractivity contribution in [2.75, 3.05) is 6.54 Å². The van der Waals surface area contributed by atoms with Gasteiger partial charge in [0, 0.05) is 25.6 Å². The smallest absolute Gasteiger partial charge is 0.221 e. The van der Waals surface area contributed by atoms with E-state index in [1.807, 2.05) is 6.92 Å². The normalized spacial score (nSPS) is 12.2. The third-order valence-corrected chi connectivity index (χ3v) is 3.69. The molecule has 0 aliphatic rings. The number of carbonyl (C=O) groups excluding carboxylic acids is 1. The zero-order valence-electron chi connectivity index (χ0n) is 13.5. The average Bonchev–Trinajstić information content (AvgIpc) is 2.36. The Bertz CT molecular complexity index is 431. The van der Waals surface area contributed by atoms with Crippen LogP contribution in [-0.2, 0) is 11.3 Å². The SMILES string of the molecule is CCC(C)NC(=O)CCNCc1c(C)cc(C)cc1C. The molecule has 0 aliphatic carbocycles. The van der Waals surface area contributed by atoms with Crippen molar-refractivity contribution in [3.63, 3.8) is 0 Å². The van der Waals surface area contributed by atoms with Crippen LogP contribution in [0.2, 0.25) is 0 Å². The van der Waals surface area contributed by atoms with Crippen LogP contribution in [0.5, 0.6) is 0 Å². The Morgan fingerprint density at radius 1 is 1.20 bits per heavy atom. The molecule has 0 saturated carbocycles. The van der Waals surface area contributed by atoms with Crippen LogP contribution in [0.3, 0.4) is 0 Å².